The van der Waals surface area contributed by atoms with Gasteiger partial charge in [0.1, 0.15) is 0 Å². The van der Waals surface area contributed by atoms with E-state index in [2.05, 4.69) is 22.9 Å². The first-order chi connectivity index (χ1) is 10.1. The summed E-state index contributed by atoms with van der Waals surface area (Å²) in [5.74, 6) is 5.27. The van der Waals surface area contributed by atoms with Crippen LogP contribution in [0.3, 0.4) is 0 Å². The molecule has 0 fully saturated rings. The third kappa shape index (κ3) is 4.91. The standard InChI is InChI=1S/C16H19N3O2/c1-3-19(12-13(2)10-17)16(21)15-7-8-18-11-14(15)6-4-5-9-20/h7-8,11,13,20H,3,5,9,12H2,1-2H3. The van der Waals surface area contributed by atoms with E-state index in [1.165, 1.54) is 0 Å². The predicted octanol–water partition coefficient (Wildman–Crippen LogP) is 1.44. The van der Waals surface area contributed by atoms with Gasteiger partial charge < -0.3 is 10.0 Å². The minimum Gasteiger partial charge on any atom is -0.395 e. The van der Waals surface area contributed by atoms with Crippen molar-refractivity contribution >= 4 is 5.91 Å². The van der Waals surface area contributed by atoms with E-state index < -0.39 is 0 Å². The molecule has 0 bridgehead atoms. The van der Waals surface area contributed by atoms with Crippen LogP contribution < -0.4 is 0 Å². The average Bonchev–Trinajstić information content (AvgIpc) is 2.52. The van der Waals surface area contributed by atoms with Crippen molar-refractivity contribution in [1.82, 2.24) is 9.88 Å². The summed E-state index contributed by atoms with van der Waals surface area (Å²) in [7, 11) is 0. The molecule has 0 aliphatic carbocycles. The number of carbonyl (C=O) groups excluding carboxylic acids is 1. The van der Waals surface area contributed by atoms with Crippen LogP contribution in [0.25, 0.3) is 0 Å². The minimum absolute atomic E-state index is 0.0166. The van der Waals surface area contributed by atoms with Crippen LogP contribution in [0.5, 0.6) is 0 Å². The number of aromatic nitrogens is 1. The monoisotopic (exact) mass is 285 g/mol. The second-order valence-corrected chi connectivity index (χ2v) is 4.57. The summed E-state index contributed by atoms with van der Waals surface area (Å²) >= 11 is 0. The number of hydrogen-bond acceptors (Lipinski definition) is 4. The Morgan fingerprint density at radius 1 is 1.57 bits per heavy atom. The van der Waals surface area contributed by atoms with Crippen LogP contribution in [0.15, 0.2) is 18.5 Å². The number of hydrogen-bond donors (Lipinski definition) is 1. The summed E-state index contributed by atoms with van der Waals surface area (Å²) in [4.78, 5) is 18.2. The van der Waals surface area contributed by atoms with Crippen LogP contribution in [-0.4, -0.2) is 40.6 Å². The average molecular weight is 285 g/mol. The molecule has 0 aromatic carbocycles. The third-order valence-electron chi connectivity index (χ3n) is 2.89. The summed E-state index contributed by atoms with van der Waals surface area (Å²) in [5, 5.41) is 17.6. The number of nitrogens with zero attached hydrogens (tertiary/aromatic N) is 3. The molecule has 1 N–H and O–H groups in total. The van der Waals surface area contributed by atoms with Gasteiger partial charge in [-0.25, -0.2) is 0 Å². The maximum absolute atomic E-state index is 12.6. The molecule has 1 aromatic heterocycles. The summed E-state index contributed by atoms with van der Waals surface area (Å²) in [6.45, 7) is 4.55. The fourth-order valence-corrected chi connectivity index (χ4v) is 1.79. The Bertz CT molecular complexity index is 581. The molecule has 1 unspecified atom stereocenters. The number of amides is 1. The van der Waals surface area contributed by atoms with E-state index >= 15 is 0 Å². The molecular formula is C16H19N3O2. The molecule has 5 heteroatoms. The Balaban J connectivity index is 3.01. The van der Waals surface area contributed by atoms with Crippen LogP contribution in [-0.2, 0) is 0 Å². The van der Waals surface area contributed by atoms with Crippen molar-refractivity contribution in [1.29, 1.82) is 5.26 Å². The van der Waals surface area contributed by atoms with Crippen LogP contribution in [0.4, 0.5) is 0 Å². The minimum atomic E-state index is -0.223. The highest BCUT2D eigenvalue weighted by Gasteiger charge is 2.18. The molecule has 0 saturated heterocycles. The molecule has 5 nitrogen and oxygen atoms in total. The normalized spacial score (nSPS) is 11.0. The van der Waals surface area contributed by atoms with Crippen LogP contribution >= 0.6 is 0 Å². The second kappa shape index (κ2) is 8.73. The molecule has 0 saturated carbocycles. The lowest BCUT2D eigenvalue weighted by Crippen LogP contribution is -2.34. The van der Waals surface area contributed by atoms with Crippen LogP contribution in [0, 0.1) is 29.1 Å². The largest absolute Gasteiger partial charge is 0.395 e. The summed E-state index contributed by atoms with van der Waals surface area (Å²) in [6, 6.07) is 3.76. The van der Waals surface area contributed by atoms with Gasteiger partial charge in [-0.15, -0.1) is 0 Å². The van der Waals surface area contributed by atoms with Crippen LogP contribution in [0.2, 0.25) is 0 Å². The molecule has 0 aliphatic rings. The highest BCUT2D eigenvalue weighted by molar-refractivity contribution is 5.96. The van der Waals surface area contributed by atoms with Crippen molar-refractivity contribution < 1.29 is 9.90 Å². The molecule has 0 radical (unpaired) electrons. The van der Waals surface area contributed by atoms with Gasteiger partial charge in [-0.1, -0.05) is 11.8 Å². The molecule has 1 heterocycles. The predicted molar refractivity (Wildman–Crippen MR) is 79.2 cm³/mol. The van der Waals surface area contributed by atoms with Crippen molar-refractivity contribution in [2.24, 2.45) is 5.92 Å². The Morgan fingerprint density at radius 2 is 2.33 bits per heavy atom. The molecular weight excluding hydrogens is 266 g/mol. The van der Waals surface area contributed by atoms with Crippen molar-refractivity contribution in [3.05, 3.63) is 29.6 Å². The summed E-state index contributed by atoms with van der Waals surface area (Å²) < 4.78 is 0. The molecule has 1 aromatic rings. The number of aliphatic hydroxyl groups is 1. The van der Waals surface area contributed by atoms with Crippen molar-refractivity contribution in [3.63, 3.8) is 0 Å². The first kappa shape index (κ1) is 16.7. The van der Waals surface area contributed by atoms with E-state index in [0.29, 0.717) is 30.6 Å². The fraction of sp³-hybridized carbons (Fsp3) is 0.438. The molecule has 1 atom stereocenters. The van der Waals surface area contributed by atoms with Gasteiger partial charge in [-0.05, 0) is 19.9 Å². The lowest BCUT2D eigenvalue weighted by atomic mass is 10.1. The topological polar surface area (TPSA) is 77.2 Å². The van der Waals surface area contributed by atoms with E-state index in [9.17, 15) is 4.79 Å². The Kier molecular flexibility index (Phi) is 6.94. The Labute approximate surface area is 125 Å². The van der Waals surface area contributed by atoms with Gasteiger partial charge in [0.05, 0.1) is 29.7 Å². The number of aliphatic hydroxyl groups excluding tert-OH is 1. The van der Waals surface area contributed by atoms with E-state index in [4.69, 9.17) is 10.4 Å². The Hall–Kier alpha value is -2.37. The first-order valence-corrected chi connectivity index (χ1v) is 6.86. The molecule has 0 spiro atoms. The van der Waals surface area contributed by atoms with E-state index in [1.807, 2.05) is 6.92 Å². The zero-order valence-corrected chi connectivity index (χ0v) is 12.3. The molecule has 110 valence electrons. The second-order valence-electron chi connectivity index (χ2n) is 4.57. The van der Waals surface area contributed by atoms with Gasteiger partial charge >= 0.3 is 0 Å². The lowest BCUT2D eigenvalue weighted by molar-refractivity contribution is 0.0752. The quantitative estimate of drug-likeness (QED) is 0.830. The Morgan fingerprint density at radius 3 is 2.95 bits per heavy atom. The van der Waals surface area contributed by atoms with Gasteiger partial charge in [0.25, 0.3) is 5.91 Å². The number of rotatable bonds is 5. The highest BCUT2D eigenvalue weighted by Crippen LogP contribution is 2.11. The van der Waals surface area contributed by atoms with Crippen LogP contribution in [0.1, 0.15) is 36.2 Å². The van der Waals surface area contributed by atoms with Crippen molar-refractivity contribution in [2.45, 2.75) is 20.3 Å². The summed E-state index contributed by atoms with van der Waals surface area (Å²) in [5.41, 5.74) is 1.02. The van der Waals surface area contributed by atoms with Crippen molar-refractivity contribution in [3.8, 4) is 17.9 Å². The SMILES string of the molecule is CCN(CC(C)C#N)C(=O)c1ccncc1C#CCCO. The van der Waals surface area contributed by atoms with Gasteiger partial charge in [0.2, 0.25) is 0 Å². The maximum atomic E-state index is 12.6. The van der Waals surface area contributed by atoms with E-state index in [-0.39, 0.29) is 18.4 Å². The van der Waals surface area contributed by atoms with E-state index in [1.54, 1.807) is 30.3 Å². The van der Waals surface area contributed by atoms with Gasteiger partial charge in [0.15, 0.2) is 0 Å². The molecule has 21 heavy (non-hydrogen) atoms. The molecule has 1 rings (SSSR count). The van der Waals surface area contributed by atoms with Gasteiger partial charge in [-0.3, -0.25) is 9.78 Å². The smallest absolute Gasteiger partial charge is 0.255 e. The number of pyridine rings is 1. The lowest BCUT2D eigenvalue weighted by Gasteiger charge is -2.22. The molecule has 1 amide bonds. The van der Waals surface area contributed by atoms with Crippen molar-refractivity contribution in [2.75, 3.05) is 19.7 Å². The number of carbonyl (C=O) groups is 1. The zero-order valence-electron chi connectivity index (χ0n) is 12.3. The highest BCUT2D eigenvalue weighted by atomic mass is 16.2. The molecule has 0 aliphatic heterocycles. The first-order valence-electron chi connectivity index (χ1n) is 6.86. The van der Waals surface area contributed by atoms with Gasteiger partial charge in [0, 0.05) is 31.9 Å². The van der Waals surface area contributed by atoms with Gasteiger partial charge in [-0.2, -0.15) is 5.26 Å². The number of nitriles is 1. The fourth-order valence-electron chi connectivity index (χ4n) is 1.79. The summed E-state index contributed by atoms with van der Waals surface area (Å²) in [6.07, 6.45) is 3.44. The zero-order chi connectivity index (χ0) is 15.7. The van der Waals surface area contributed by atoms with E-state index in [0.717, 1.165) is 0 Å². The third-order valence-corrected chi connectivity index (χ3v) is 2.89. The maximum Gasteiger partial charge on any atom is 0.255 e.